The first-order valence-electron chi connectivity index (χ1n) is 8.54. The second-order valence-electron chi connectivity index (χ2n) is 6.37. The fourth-order valence-electron chi connectivity index (χ4n) is 3.10. The lowest BCUT2D eigenvalue weighted by atomic mass is 10.0. The third-order valence-corrected chi connectivity index (χ3v) is 7.89. The predicted octanol–water partition coefficient (Wildman–Crippen LogP) is 5.03. The monoisotopic (exact) mass is 346 g/mol. The number of nitrogens with zero attached hydrogens (tertiary/aromatic N) is 2. The van der Waals surface area contributed by atoms with Gasteiger partial charge in [-0.05, 0) is 42.6 Å². The van der Waals surface area contributed by atoms with Crippen molar-refractivity contribution in [2.24, 2.45) is 0 Å². The zero-order chi connectivity index (χ0) is 16.1. The fourth-order valence-corrected chi connectivity index (χ4v) is 7.05. The molecule has 1 aliphatic heterocycles. The SMILES string of the molecule is CCc1ccc(CC2(CCn3ccnc3)SCCC(C)S2)cc1. The number of aromatic nitrogens is 2. The Labute approximate surface area is 148 Å². The van der Waals surface area contributed by atoms with Gasteiger partial charge in [0.1, 0.15) is 0 Å². The maximum atomic E-state index is 4.18. The van der Waals surface area contributed by atoms with E-state index < -0.39 is 0 Å². The molecule has 23 heavy (non-hydrogen) atoms. The van der Waals surface area contributed by atoms with Crippen molar-refractivity contribution in [1.82, 2.24) is 9.55 Å². The lowest BCUT2D eigenvalue weighted by Crippen LogP contribution is -2.32. The Kier molecular flexibility index (Phi) is 5.76. The van der Waals surface area contributed by atoms with Crippen LogP contribution in [0.2, 0.25) is 0 Å². The largest absolute Gasteiger partial charge is 0.337 e. The van der Waals surface area contributed by atoms with E-state index in [1.54, 1.807) is 0 Å². The van der Waals surface area contributed by atoms with Crippen molar-refractivity contribution in [2.45, 2.75) is 55.4 Å². The molecule has 4 heteroatoms. The summed E-state index contributed by atoms with van der Waals surface area (Å²) < 4.78 is 2.51. The summed E-state index contributed by atoms with van der Waals surface area (Å²) in [5, 5.41) is 0.758. The number of hydrogen-bond acceptors (Lipinski definition) is 3. The van der Waals surface area contributed by atoms with E-state index in [4.69, 9.17) is 0 Å². The second-order valence-corrected chi connectivity index (χ2v) is 9.93. The van der Waals surface area contributed by atoms with E-state index in [1.807, 2.05) is 12.5 Å². The van der Waals surface area contributed by atoms with Crippen molar-refractivity contribution in [3.63, 3.8) is 0 Å². The van der Waals surface area contributed by atoms with E-state index in [9.17, 15) is 0 Å². The van der Waals surface area contributed by atoms with E-state index in [0.717, 1.165) is 24.6 Å². The van der Waals surface area contributed by atoms with Crippen LogP contribution in [0, 0.1) is 0 Å². The zero-order valence-electron chi connectivity index (χ0n) is 14.1. The lowest BCUT2D eigenvalue weighted by molar-refractivity contribution is 0.589. The van der Waals surface area contributed by atoms with Gasteiger partial charge in [0.15, 0.2) is 0 Å². The molecule has 2 nitrogen and oxygen atoms in total. The number of benzene rings is 1. The lowest BCUT2D eigenvalue weighted by Gasteiger charge is -2.39. The summed E-state index contributed by atoms with van der Waals surface area (Å²) in [7, 11) is 0. The van der Waals surface area contributed by atoms with Crippen LogP contribution in [-0.2, 0) is 19.4 Å². The molecule has 0 amide bonds. The Morgan fingerprint density at radius 3 is 2.70 bits per heavy atom. The topological polar surface area (TPSA) is 17.8 Å². The van der Waals surface area contributed by atoms with Gasteiger partial charge in [-0.25, -0.2) is 4.98 Å². The van der Waals surface area contributed by atoms with Gasteiger partial charge in [0.05, 0.1) is 10.4 Å². The first-order valence-corrected chi connectivity index (χ1v) is 10.4. The molecule has 0 spiro atoms. The van der Waals surface area contributed by atoms with Gasteiger partial charge in [-0.2, -0.15) is 0 Å². The molecule has 3 rings (SSSR count). The Hall–Kier alpha value is -0.870. The Bertz CT molecular complexity index is 594. The third-order valence-electron chi connectivity index (χ3n) is 4.52. The van der Waals surface area contributed by atoms with Crippen LogP contribution in [0.5, 0.6) is 0 Å². The first kappa shape index (κ1) is 17.0. The smallest absolute Gasteiger partial charge is 0.0945 e. The Morgan fingerprint density at radius 2 is 2.04 bits per heavy atom. The van der Waals surface area contributed by atoms with Crippen molar-refractivity contribution >= 4 is 23.5 Å². The van der Waals surface area contributed by atoms with Crippen LogP contribution >= 0.6 is 23.5 Å². The average molecular weight is 347 g/mol. The summed E-state index contributed by atoms with van der Waals surface area (Å²) in [6.45, 7) is 5.66. The average Bonchev–Trinajstić information content (AvgIpc) is 3.07. The maximum absolute atomic E-state index is 4.18. The minimum absolute atomic E-state index is 0.301. The number of aryl methyl sites for hydroxylation is 2. The summed E-state index contributed by atoms with van der Waals surface area (Å²) in [6.07, 6.45) is 10.7. The fraction of sp³-hybridized carbons (Fsp3) is 0.526. The van der Waals surface area contributed by atoms with Gasteiger partial charge in [-0.1, -0.05) is 38.1 Å². The van der Waals surface area contributed by atoms with Crippen molar-refractivity contribution in [3.05, 3.63) is 54.1 Å². The van der Waals surface area contributed by atoms with Crippen LogP contribution in [0.1, 0.15) is 37.8 Å². The van der Waals surface area contributed by atoms with Crippen molar-refractivity contribution in [3.8, 4) is 0 Å². The van der Waals surface area contributed by atoms with E-state index in [1.165, 1.54) is 29.7 Å². The molecule has 1 fully saturated rings. The molecule has 0 N–H and O–H groups in total. The van der Waals surface area contributed by atoms with Crippen LogP contribution in [-0.4, -0.2) is 24.6 Å². The normalized spacial score (nSPS) is 24.7. The van der Waals surface area contributed by atoms with Crippen LogP contribution in [0.3, 0.4) is 0 Å². The van der Waals surface area contributed by atoms with Gasteiger partial charge in [0.25, 0.3) is 0 Å². The maximum Gasteiger partial charge on any atom is 0.0945 e. The zero-order valence-corrected chi connectivity index (χ0v) is 15.7. The minimum Gasteiger partial charge on any atom is -0.337 e. The number of thioether (sulfide) groups is 2. The van der Waals surface area contributed by atoms with Crippen LogP contribution in [0.4, 0.5) is 0 Å². The highest BCUT2D eigenvalue weighted by Gasteiger charge is 2.36. The molecule has 0 bridgehead atoms. The molecule has 0 aliphatic carbocycles. The molecule has 1 aromatic heterocycles. The molecule has 124 valence electrons. The highest BCUT2D eigenvalue weighted by molar-refractivity contribution is 8.19. The van der Waals surface area contributed by atoms with E-state index in [0.29, 0.717) is 4.08 Å². The molecule has 2 heterocycles. The van der Waals surface area contributed by atoms with Crippen LogP contribution in [0.15, 0.2) is 43.0 Å². The highest BCUT2D eigenvalue weighted by Crippen LogP contribution is 2.50. The van der Waals surface area contributed by atoms with E-state index >= 15 is 0 Å². The summed E-state index contributed by atoms with van der Waals surface area (Å²) in [4.78, 5) is 4.18. The molecule has 1 aliphatic rings. The minimum atomic E-state index is 0.301. The summed E-state index contributed by atoms with van der Waals surface area (Å²) in [5.41, 5.74) is 2.90. The number of hydrogen-bond donors (Lipinski definition) is 0. The summed E-state index contributed by atoms with van der Waals surface area (Å²) in [6, 6.07) is 9.25. The highest BCUT2D eigenvalue weighted by atomic mass is 32.2. The molecule has 1 saturated heterocycles. The quantitative estimate of drug-likeness (QED) is 0.730. The summed E-state index contributed by atoms with van der Waals surface area (Å²) >= 11 is 4.36. The standard InChI is InChI=1S/C19H26N2S2/c1-3-17-4-6-18(7-5-17)14-19(22-13-8-16(2)23-19)9-11-21-12-10-20-15-21/h4-7,10,12,15-16H,3,8-9,11,13-14H2,1-2H3. The Morgan fingerprint density at radius 1 is 1.26 bits per heavy atom. The first-order chi connectivity index (χ1) is 11.2. The third kappa shape index (κ3) is 4.57. The number of rotatable bonds is 6. The molecular weight excluding hydrogens is 320 g/mol. The summed E-state index contributed by atoms with van der Waals surface area (Å²) in [5.74, 6) is 1.28. The van der Waals surface area contributed by atoms with Crippen LogP contribution < -0.4 is 0 Å². The van der Waals surface area contributed by atoms with Crippen molar-refractivity contribution < 1.29 is 0 Å². The van der Waals surface area contributed by atoms with Gasteiger partial charge < -0.3 is 4.57 Å². The second kappa shape index (κ2) is 7.80. The molecule has 2 unspecified atom stereocenters. The van der Waals surface area contributed by atoms with Gasteiger partial charge in [-0.15, -0.1) is 23.5 Å². The van der Waals surface area contributed by atoms with E-state index in [2.05, 4.69) is 77.4 Å². The van der Waals surface area contributed by atoms with Gasteiger partial charge in [0.2, 0.25) is 0 Å². The van der Waals surface area contributed by atoms with Crippen molar-refractivity contribution in [2.75, 3.05) is 5.75 Å². The van der Waals surface area contributed by atoms with E-state index in [-0.39, 0.29) is 0 Å². The van der Waals surface area contributed by atoms with Crippen molar-refractivity contribution in [1.29, 1.82) is 0 Å². The molecule has 1 aromatic carbocycles. The molecule has 2 atom stereocenters. The predicted molar refractivity (Wildman–Crippen MR) is 103 cm³/mol. The molecule has 0 saturated carbocycles. The van der Waals surface area contributed by atoms with Gasteiger partial charge in [0, 0.05) is 24.2 Å². The van der Waals surface area contributed by atoms with Gasteiger partial charge >= 0.3 is 0 Å². The Balaban J connectivity index is 1.73. The molecule has 0 radical (unpaired) electrons. The van der Waals surface area contributed by atoms with Gasteiger partial charge in [-0.3, -0.25) is 0 Å². The molecular formula is C19H26N2S2. The molecule has 2 aromatic rings. The van der Waals surface area contributed by atoms with Crippen LogP contribution in [0.25, 0.3) is 0 Å². The number of imidazole rings is 1.